The lowest BCUT2D eigenvalue weighted by atomic mass is 10.3. The molecule has 0 saturated carbocycles. The Morgan fingerprint density at radius 1 is 1.38 bits per heavy atom. The van der Waals surface area contributed by atoms with Gasteiger partial charge in [-0.05, 0) is 30.5 Å². The van der Waals surface area contributed by atoms with Crippen LogP contribution in [0.25, 0.3) is 10.7 Å². The Bertz CT molecular complexity index is 851. The highest BCUT2D eigenvalue weighted by Gasteiger charge is 2.19. The fourth-order valence-electron chi connectivity index (χ4n) is 1.86. The van der Waals surface area contributed by atoms with Gasteiger partial charge in [-0.1, -0.05) is 17.8 Å². The second-order valence-corrected chi connectivity index (χ2v) is 7.07. The van der Waals surface area contributed by atoms with Gasteiger partial charge in [0.1, 0.15) is 11.6 Å². The first-order chi connectivity index (χ1) is 11.5. The quantitative estimate of drug-likeness (QED) is 0.671. The molecule has 3 rings (SSSR count). The Hall–Kier alpha value is -2.26. The van der Waals surface area contributed by atoms with Gasteiger partial charge in [0.05, 0.1) is 15.8 Å². The summed E-state index contributed by atoms with van der Waals surface area (Å²) < 4.78 is 26.4. The van der Waals surface area contributed by atoms with E-state index in [1.807, 2.05) is 17.5 Å². The van der Waals surface area contributed by atoms with E-state index >= 15 is 0 Å². The number of nitrogens with zero attached hydrogens (tertiary/aromatic N) is 2. The number of anilines is 1. The van der Waals surface area contributed by atoms with Crippen LogP contribution in [0.5, 0.6) is 0 Å². The van der Waals surface area contributed by atoms with E-state index in [1.165, 1.54) is 17.4 Å². The van der Waals surface area contributed by atoms with E-state index in [-0.39, 0.29) is 5.69 Å². The SMILES string of the molecule is C[C@H](Sc1n[nH]c(-c2cccs2)n1)C(=O)Nc1ccc(F)cc1F. The number of hydrogen-bond donors (Lipinski definition) is 2. The first-order valence-corrected chi connectivity index (χ1v) is 8.67. The summed E-state index contributed by atoms with van der Waals surface area (Å²) in [5.74, 6) is -1.31. The van der Waals surface area contributed by atoms with Gasteiger partial charge in [-0.2, -0.15) is 0 Å². The topological polar surface area (TPSA) is 70.7 Å². The number of halogens is 2. The molecule has 1 amide bonds. The fourth-order valence-corrected chi connectivity index (χ4v) is 3.25. The number of nitrogens with one attached hydrogen (secondary N) is 2. The highest BCUT2D eigenvalue weighted by molar-refractivity contribution is 8.00. The molecule has 0 aliphatic heterocycles. The normalized spacial score (nSPS) is 12.1. The number of thioether (sulfide) groups is 1. The molecule has 0 unspecified atom stereocenters. The van der Waals surface area contributed by atoms with Gasteiger partial charge in [0.25, 0.3) is 0 Å². The summed E-state index contributed by atoms with van der Waals surface area (Å²) in [6.07, 6.45) is 0. The lowest BCUT2D eigenvalue weighted by molar-refractivity contribution is -0.115. The number of hydrogen-bond acceptors (Lipinski definition) is 5. The number of thiophene rings is 1. The number of amides is 1. The third-order valence-corrected chi connectivity index (χ3v) is 4.90. The van der Waals surface area contributed by atoms with Gasteiger partial charge >= 0.3 is 0 Å². The van der Waals surface area contributed by atoms with Crippen molar-refractivity contribution in [3.63, 3.8) is 0 Å². The van der Waals surface area contributed by atoms with Crippen molar-refractivity contribution in [1.29, 1.82) is 0 Å². The Labute approximate surface area is 144 Å². The van der Waals surface area contributed by atoms with Crippen LogP contribution in [0.3, 0.4) is 0 Å². The van der Waals surface area contributed by atoms with Crippen LogP contribution >= 0.6 is 23.1 Å². The molecule has 0 fully saturated rings. The Kier molecular flexibility index (Phi) is 4.91. The van der Waals surface area contributed by atoms with Crippen molar-refractivity contribution in [3.05, 3.63) is 47.3 Å². The van der Waals surface area contributed by atoms with E-state index in [9.17, 15) is 13.6 Å². The van der Waals surface area contributed by atoms with E-state index in [2.05, 4.69) is 20.5 Å². The molecule has 2 heterocycles. The zero-order chi connectivity index (χ0) is 17.1. The third-order valence-electron chi connectivity index (χ3n) is 3.06. The van der Waals surface area contributed by atoms with Crippen molar-refractivity contribution in [2.75, 3.05) is 5.32 Å². The van der Waals surface area contributed by atoms with E-state index in [0.717, 1.165) is 28.8 Å². The van der Waals surface area contributed by atoms with E-state index in [1.54, 1.807) is 6.92 Å². The van der Waals surface area contributed by atoms with Crippen LogP contribution in [-0.4, -0.2) is 26.3 Å². The summed E-state index contributed by atoms with van der Waals surface area (Å²) in [5.41, 5.74) is -0.0666. The minimum absolute atomic E-state index is 0.0666. The number of benzene rings is 1. The Morgan fingerprint density at radius 2 is 2.21 bits per heavy atom. The standard InChI is InChI=1S/C15H12F2N4OS2/c1-8(14(22)18-11-5-4-9(16)7-10(11)17)24-15-19-13(20-21-15)12-3-2-6-23-12/h2-8H,1H3,(H,18,22)(H,19,20,21)/t8-/m0/s1. The molecule has 0 spiro atoms. The molecule has 2 aromatic heterocycles. The summed E-state index contributed by atoms with van der Waals surface area (Å²) in [7, 11) is 0. The molecular weight excluding hydrogens is 354 g/mol. The minimum atomic E-state index is -0.821. The zero-order valence-corrected chi connectivity index (χ0v) is 14.0. The maximum absolute atomic E-state index is 13.6. The summed E-state index contributed by atoms with van der Waals surface area (Å²) in [5, 5.41) is 11.1. The van der Waals surface area contributed by atoms with Crippen molar-refractivity contribution in [3.8, 4) is 10.7 Å². The highest BCUT2D eigenvalue weighted by atomic mass is 32.2. The van der Waals surface area contributed by atoms with Gasteiger partial charge in [0.15, 0.2) is 5.82 Å². The molecule has 124 valence electrons. The van der Waals surface area contributed by atoms with E-state index in [4.69, 9.17) is 0 Å². The van der Waals surface area contributed by atoms with Crippen LogP contribution < -0.4 is 5.32 Å². The van der Waals surface area contributed by atoms with Crippen LogP contribution in [0.1, 0.15) is 6.92 Å². The van der Waals surface area contributed by atoms with Crippen molar-refractivity contribution in [2.24, 2.45) is 0 Å². The predicted octanol–water partition coefficient (Wildman–Crippen LogP) is 3.93. The average Bonchev–Trinajstić information content (AvgIpc) is 3.20. The lowest BCUT2D eigenvalue weighted by Gasteiger charge is -2.10. The summed E-state index contributed by atoms with van der Waals surface area (Å²) >= 11 is 2.67. The van der Waals surface area contributed by atoms with Crippen molar-refractivity contribution in [2.45, 2.75) is 17.3 Å². The number of carbonyl (C=O) groups is 1. The zero-order valence-electron chi connectivity index (χ0n) is 12.4. The number of carbonyl (C=O) groups excluding carboxylic acids is 1. The monoisotopic (exact) mass is 366 g/mol. The molecule has 2 N–H and O–H groups in total. The van der Waals surface area contributed by atoms with E-state index in [0.29, 0.717) is 11.0 Å². The average molecular weight is 366 g/mol. The first kappa shape index (κ1) is 16.6. The molecule has 1 atom stereocenters. The molecule has 3 aromatic rings. The molecule has 0 aliphatic rings. The molecule has 1 aromatic carbocycles. The summed E-state index contributed by atoms with van der Waals surface area (Å²) in [6, 6.07) is 6.80. The molecule has 5 nitrogen and oxygen atoms in total. The summed E-state index contributed by atoms with van der Waals surface area (Å²) in [4.78, 5) is 17.4. The molecule has 0 saturated heterocycles. The minimum Gasteiger partial charge on any atom is -0.323 e. The molecule has 9 heteroatoms. The molecular formula is C15H12F2N4OS2. The molecule has 0 radical (unpaired) electrons. The predicted molar refractivity (Wildman–Crippen MR) is 90.0 cm³/mol. The summed E-state index contributed by atoms with van der Waals surface area (Å²) in [6.45, 7) is 1.66. The molecule has 0 aliphatic carbocycles. The number of aromatic amines is 1. The van der Waals surface area contributed by atoms with Crippen LogP contribution in [0.4, 0.5) is 14.5 Å². The smallest absolute Gasteiger partial charge is 0.237 e. The van der Waals surface area contributed by atoms with Crippen molar-refractivity contribution < 1.29 is 13.6 Å². The number of aromatic nitrogens is 3. The highest BCUT2D eigenvalue weighted by Crippen LogP contribution is 2.26. The second kappa shape index (κ2) is 7.10. The van der Waals surface area contributed by atoms with Crippen molar-refractivity contribution in [1.82, 2.24) is 15.2 Å². The fraction of sp³-hybridized carbons (Fsp3) is 0.133. The van der Waals surface area contributed by atoms with E-state index < -0.39 is 22.8 Å². The van der Waals surface area contributed by atoms with Crippen LogP contribution in [0, 0.1) is 11.6 Å². The van der Waals surface area contributed by atoms with Gasteiger partial charge < -0.3 is 5.32 Å². The number of rotatable bonds is 5. The maximum atomic E-state index is 13.6. The van der Waals surface area contributed by atoms with Gasteiger partial charge in [0, 0.05) is 6.07 Å². The second-order valence-electron chi connectivity index (χ2n) is 4.82. The molecule has 0 bridgehead atoms. The first-order valence-electron chi connectivity index (χ1n) is 6.92. The van der Waals surface area contributed by atoms with Crippen LogP contribution in [0.15, 0.2) is 40.9 Å². The van der Waals surface area contributed by atoms with Gasteiger partial charge in [-0.3, -0.25) is 9.89 Å². The van der Waals surface area contributed by atoms with Gasteiger partial charge in [0.2, 0.25) is 11.1 Å². The lowest BCUT2D eigenvalue weighted by Crippen LogP contribution is -2.23. The number of H-pyrrole nitrogens is 1. The Balaban J connectivity index is 1.64. The van der Waals surface area contributed by atoms with Crippen LogP contribution in [-0.2, 0) is 4.79 Å². The van der Waals surface area contributed by atoms with Crippen LogP contribution in [0.2, 0.25) is 0 Å². The third kappa shape index (κ3) is 3.80. The van der Waals surface area contributed by atoms with Gasteiger partial charge in [-0.15, -0.1) is 16.4 Å². The van der Waals surface area contributed by atoms with Crippen molar-refractivity contribution >= 4 is 34.7 Å². The molecule has 24 heavy (non-hydrogen) atoms. The Morgan fingerprint density at radius 3 is 2.92 bits per heavy atom. The maximum Gasteiger partial charge on any atom is 0.237 e. The largest absolute Gasteiger partial charge is 0.323 e. The van der Waals surface area contributed by atoms with Gasteiger partial charge in [-0.25, -0.2) is 13.8 Å².